The first-order valence-electron chi connectivity index (χ1n) is 9.60. The van der Waals surface area contributed by atoms with E-state index in [1.807, 2.05) is 13.8 Å². The van der Waals surface area contributed by atoms with Gasteiger partial charge in [-0.2, -0.15) is 0 Å². The van der Waals surface area contributed by atoms with Crippen molar-refractivity contribution < 1.29 is 23.8 Å². The van der Waals surface area contributed by atoms with Crippen LogP contribution in [0.5, 0.6) is 5.75 Å². The van der Waals surface area contributed by atoms with Crippen LogP contribution in [0.4, 0.5) is 0 Å². The monoisotopic (exact) mass is 388 g/mol. The molecule has 2 rings (SSSR count). The first-order valence-corrected chi connectivity index (χ1v) is 9.60. The molecule has 2 aromatic rings. The van der Waals surface area contributed by atoms with Crippen molar-refractivity contribution in [3.8, 4) is 5.75 Å². The highest BCUT2D eigenvalue weighted by atomic mass is 16.5. The number of carboxylic acid groups (broad SMARTS) is 1. The van der Waals surface area contributed by atoms with E-state index in [2.05, 4.69) is 5.32 Å². The summed E-state index contributed by atoms with van der Waals surface area (Å²) in [5, 5.41) is 14.4. The predicted molar refractivity (Wildman–Crippen MR) is 103 cm³/mol. The standard InChI is InChI=1S/C21H27NO6/c1-4-6-8-17(21(25)26)22-20(24)13(3)27-15-9-10-16-14(7-5-2)11-19(23)28-18(16)12-15/h9-13,17H,4-8H2,1-3H3,(H,22,24)(H,25,26)/p-1/t13-,17-/m0/s1. The van der Waals surface area contributed by atoms with E-state index in [4.69, 9.17) is 9.15 Å². The Hall–Kier alpha value is -2.83. The quantitative estimate of drug-likeness (QED) is 0.623. The second kappa shape index (κ2) is 9.92. The van der Waals surface area contributed by atoms with Crippen LogP contribution < -0.4 is 20.8 Å². The zero-order valence-electron chi connectivity index (χ0n) is 16.4. The molecule has 7 heteroatoms. The van der Waals surface area contributed by atoms with E-state index in [1.54, 1.807) is 18.2 Å². The lowest BCUT2D eigenvalue weighted by Gasteiger charge is -2.22. The lowest BCUT2D eigenvalue weighted by atomic mass is 10.1. The molecule has 0 aliphatic carbocycles. The predicted octanol–water partition coefficient (Wildman–Crippen LogP) is 1.94. The van der Waals surface area contributed by atoms with Crippen LogP contribution >= 0.6 is 0 Å². The van der Waals surface area contributed by atoms with Gasteiger partial charge in [-0.15, -0.1) is 0 Å². The van der Waals surface area contributed by atoms with Crippen molar-refractivity contribution in [2.75, 3.05) is 0 Å². The van der Waals surface area contributed by atoms with Gasteiger partial charge >= 0.3 is 5.63 Å². The molecule has 0 saturated heterocycles. The Labute approximate surface area is 163 Å². The summed E-state index contributed by atoms with van der Waals surface area (Å²) in [6.45, 7) is 5.48. The van der Waals surface area contributed by atoms with Gasteiger partial charge in [-0.3, -0.25) is 4.79 Å². The molecule has 0 unspecified atom stereocenters. The van der Waals surface area contributed by atoms with Crippen molar-refractivity contribution in [3.63, 3.8) is 0 Å². The minimum atomic E-state index is -1.31. The maximum Gasteiger partial charge on any atom is 0.336 e. The second-order valence-electron chi connectivity index (χ2n) is 6.78. The number of ether oxygens (including phenoxy) is 1. The Morgan fingerprint density at radius 2 is 1.96 bits per heavy atom. The Bertz CT molecular complexity index is 888. The van der Waals surface area contributed by atoms with Crippen LogP contribution in [-0.2, 0) is 16.0 Å². The molecule has 1 amide bonds. The van der Waals surface area contributed by atoms with E-state index in [0.29, 0.717) is 24.2 Å². The lowest BCUT2D eigenvalue weighted by Crippen LogP contribution is -2.51. The summed E-state index contributed by atoms with van der Waals surface area (Å²) >= 11 is 0. The molecule has 2 atom stereocenters. The number of carboxylic acids is 1. The number of fused-ring (bicyclic) bond motifs is 1. The van der Waals surface area contributed by atoms with Gasteiger partial charge in [0, 0.05) is 17.5 Å². The number of benzene rings is 1. The fourth-order valence-corrected chi connectivity index (χ4v) is 2.96. The maximum absolute atomic E-state index is 12.3. The molecule has 1 heterocycles. The third kappa shape index (κ3) is 5.58. The summed E-state index contributed by atoms with van der Waals surface area (Å²) in [5.74, 6) is -1.51. The SMILES string of the molecule is CCCC[C@H](NC(=O)[C@H](C)Oc1ccc2c(CCC)cc(=O)oc2c1)C(=O)[O-]. The fraction of sp³-hybridized carbons (Fsp3) is 0.476. The number of hydrogen-bond acceptors (Lipinski definition) is 6. The molecule has 152 valence electrons. The molecule has 0 radical (unpaired) electrons. The maximum atomic E-state index is 12.3. The van der Waals surface area contributed by atoms with Crippen LogP contribution in [0.1, 0.15) is 52.0 Å². The van der Waals surface area contributed by atoms with E-state index in [-0.39, 0.29) is 0 Å². The first-order chi connectivity index (χ1) is 13.3. The third-order valence-corrected chi connectivity index (χ3v) is 4.45. The van der Waals surface area contributed by atoms with Gasteiger partial charge in [-0.25, -0.2) is 4.79 Å². The molecular weight excluding hydrogens is 362 g/mol. The molecule has 1 aromatic heterocycles. The largest absolute Gasteiger partial charge is 0.548 e. The normalized spacial score (nSPS) is 13.1. The van der Waals surface area contributed by atoms with E-state index in [1.165, 1.54) is 13.0 Å². The number of rotatable bonds is 10. The van der Waals surface area contributed by atoms with Gasteiger partial charge in [0.2, 0.25) is 0 Å². The van der Waals surface area contributed by atoms with Gasteiger partial charge in [0.1, 0.15) is 11.3 Å². The van der Waals surface area contributed by atoms with Crippen molar-refractivity contribution >= 4 is 22.8 Å². The van der Waals surface area contributed by atoms with E-state index >= 15 is 0 Å². The summed E-state index contributed by atoms with van der Waals surface area (Å²) in [5.41, 5.74) is 0.849. The average molecular weight is 388 g/mol. The molecule has 1 N–H and O–H groups in total. The fourth-order valence-electron chi connectivity index (χ4n) is 2.96. The van der Waals surface area contributed by atoms with Crippen molar-refractivity contribution in [3.05, 3.63) is 40.2 Å². The summed E-state index contributed by atoms with van der Waals surface area (Å²) in [7, 11) is 0. The van der Waals surface area contributed by atoms with Crippen molar-refractivity contribution in [1.29, 1.82) is 0 Å². The number of hydrogen-bond donors (Lipinski definition) is 1. The molecule has 0 fully saturated rings. The van der Waals surface area contributed by atoms with Crippen molar-refractivity contribution in [2.24, 2.45) is 0 Å². The Morgan fingerprint density at radius 3 is 2.61 bits per heavy atom. The number of amides is 1. The van der Waals surface area contributed by atoms with Gasteiger partial charge in [0.15, 0.2) is 6.10 Å². The minimum Gasteiger partial charge on any atom is -0.548 e. The molecule has 0 aliphatic rings. The van der Waals surface area contributed by atoms with Gasteiger partial charge in [-0.05, 0) is 37.5 Å². The Morgan fingerprint density at radius 1 is 1.21 bits per heavy atom. The average Bonchev–Trinajstić information content (AvgIpc) is 2.64. The van der Waals surface area contributed by atoms with Gasteiger partial charge in [-0.1, -0.05) is 33.1 Å². The van der Waals surface area contributed by atoms with Gasteiger partial charge < -0.3 is 24.4 Å². The van der Waals surface area contributed by atoms with Crippen LogP contribution in [0, 0.1) is 0 Å². The zero-order chi connectivity index (χ0) is 20.7. The number of carbonyl (C=O) groups is 2. The molecule has 1 aromatic carbocycles. The van der Waals surface area contributed by atoms with Crippen molar-refractivity contribution in [1.82, 2.24) is 5.32 Å². The van der Waals surface area contributed by atoms with Crippen LogP contribution in [0.3, 0.4) is 0 Å². The Kier molecular flexibility index (Phi) is 7.61. The van der Waals surface area contributed by atoms with Crippen LogP contribution in [-0.4, -0.2) is 24.0 Å². The third-order valence-electron chi connectivity index (χ3n) is 4.45. The summed E-state index contributed by atoms with van der Waals surface area (Å²) in [6.07, 6.45) is 2.51. The second-order valence-corrected chi connectivity index (χ2v) is 6.78. The number of aryl methyl sites for hydroxylation is 1. The lowest BCUT2D eigenvalue weighted by molar-refractivity contribution is -0.308. The summed E-state index contributed by atoms with van der Waals surface area (Å²) in [6, 6.07) is 5.48. The van der Waals surface area contributed by atoms with E-state index in [0.717, 1.165) is 30.2 Å². The Balaban J connectivity index is 2.13. The number of unbranched alkanes of at least 4 members (excludes halogenated alkanes) is 1. The molecule has 0 spiro atoms. The highest BCUT2D eigenvalue weighted by Gasteiger charge is 2.20. The molecule has 0 aliphatic heterocycles. The molecule has 0 bridgehead atoms. The van der Waals surface area contributed by atoms with Crippen molar-refractivity contribution in [2.45, 2.75) is 65.0 Å². The number of aliphatic carboxylic acids is 1. The van der Waals surface area contributed by atoms with Gasteiger partial charge in [0.05, 0.1) is 12.0 Å². The summed E-state index contributed by atoms with van der Waals surface area (Å²) < 4.78 is 10.9. The topological polar surface area (TPSA) is 109 Å². The molecular formula is C21H26NO6-. The van der Waals surface area contributed by atoms with Crippen LogP contribution in [0.15, 0.2) is 33.5 Å². The highest BCUT2D eigenvalue weighted by Crippen LogP contribution is 2.24. The summed E-state index contributed by atoms with van der Waals surface area (Å²) in [4.78, 5) is 35.2. The smallest absolute Gasteiger partial charge is 0.336 e. The van der Waals surface area contributed by atoms with Gasteiger partial charge in [0.25, 0.3) is 5.91 Å². The highest BCUT2D eigenvalue weighted by molar-refractivity contribution is 5.86. The number of nitrogens with one attached hydrogen (secondary N) is 1. The van der Waals surface area contributed by atoms with Crippen LogP contribution in [0.2, 0.25) is 0 Å². The molecule has 28 heavy (non-hydrogen) atoms. The number of carbonyl (C=O) groups excluding carboxylic acids is 2. The minimum absolute atomic E-state index is 0.304. The first kappa shape index (κ1) is 21.5. The molecule has 0 saturated carbocycles. The van der Waals surface area contributed by atoms with E-state index < -0.39 is 29.6 Å². The van der Waals surface area contributed by atoms with E-state index in [9.17, 15) is 19.5 Å². The molecule has 7 nitrogen and oxygen atoms in total. The van der Waals surface area contributed by atoms with Crippen LogP contribution in [0.25, 0.3) is 11.0 Å². The zero-order valence-corrected chi connectivity index (χ0v) is 16.4.